The zero-order valence-corrected chi connectivity index (χ0v) is 12.5. The van der Waals surface area contributed by atoms with E-state index in [-0.39, 0.29) is 12.0 Å². The summed E-state index contributed by atoms with van der Waals surface area (Å²) in [7, 11) is 1.58. The molecule has 1 aromatic carbocycles. The van der Waals surface area contributed by atoms with Crippen LogP contribution in [0.3, 0.4) is 0 Å². The average Bonchev–Trinajstić information content (AvgIpc) is 2.44. The minimum atomic E-state index is -0.639. The first-order chi connectivity index (χ1) is 9.53. The molecule has 0 aliphatic carbocycles. The number of esters is 1. The third kappa shape index (κ3) is 4.13. The lowest BCUT2D eigenvalue weighted by molar-refractivity contribution is -0.151. The highest BCUT2D eigenvalue weighted by molar-refractivity contribution is 5.75. The molecule has 5 nitrogen and oxygen atoms in total. The Kier molecular flexibility index (Phi) is 6.31. The lowest BCUT2D eigenvalue weighted by Crippen LogP contribution is -2.29. The van der Waals surface area contributed by atoms with Gasteiger partial charge >= 0.3 is 5.97 Å². The van der Waals surface area contributed by atoms with Crippen LogP contribution in [0.1, 0.15) is 38.8 Å². The number of hydrogen-bond donors (Lipinski definition) is 1. The molecule has 20 heavy (non-hydrogen) atoms. The molecule has 2 N–H and O–H groups in total. The van der Waals surface area contributed by atoms with E-state index in [1.807, 2.05) is 26.0 Å². The molecule has 0 aliphatic rings. The van der Waals surface area contributed by atoms with Crippen LogP contribution in [0.25, 0.3) is 0 Å². The van der Waals surface area contributed by atoms with Crippen molar-refractivity contribution in [3.8, 4) is 11.5 Å². The van der Waals surface area contributed by atoms with Crippen LogP contribution < -0.4 is 15.2 Å². The van der Waals surface area contributed by atoms with E-state index >= 15 is 0 Å². The van der Waals surface area contributed by atoms with Crippen molar-refractivity contribution in [2.45, 2.75) is 39.3 Å². The van der Waals surface area contributed by atoms with Gasteiger partial charge in [-0.25, -0.2) is 4.79 Å². The predicted octanol–water partition coefficient (Wildman–Crippen LogP) is 2.44. The molecule has 1 rings (SSSR count). The molecule has 0 aromatic heterocycles. The van der Waals surface area contributed by atoms with Gasteiger partial charge in [0.15, 0.2) is 6.10 Å². The topological polar surface area (TPSA) is 70.8 Å². The number of benzene rings is 1. The first kappa shape index (κ1) is 16.3. The molecule has 0 saturated carbocycles. The molecule has 0 amide bonds. The maximum atomic E-state index is 11.8. The van der Waals surface area contributed by atoms with Crippen LogP contribution in [-0.2, 0) is 9.53 Å². The molecule has 2 unspecified atom stereocenters. The summed E-state index contributed by atoms with van der Waals surface area (Å²) in [5.74, 6) is 0.843. The number of ether oxygens (including phenoxy) is 3. The summed E-state index contributed by atoms with van der Waals surface area (Å²) in [5.41, 5.74) is 6.75. The summed E-state index contributed by atoms with van der Waals surface area (Å²) >= 11 is 0. The zero-order valence-electron chi connectivity index (χ0n) is 12.5. The molecule has 1 aromatic rings. The summed E-state index contributed by atoms with van der Waals surface area (Å²) in [6.45, 7) is 5.83. The third-order valence-corrected chi connectivity index (χ3v) is 2.90. The van der Waals surface area contributed by atoms with Gasteiger partial charge < -0.3 is 19.9 Å². The molecule has 2 atom stereocenters. The number of carbonyl (C=O) groups is 1. The van der Waals surface area contributed by atoms with Gasteiger partial charge in [0, 0.05) is 17.7 Å². The highest BCUT2D eigenvalue weighted by Crippen LogP contribution is 2.29. The Balaban J connectivity index is 3.00. The molecule has 0 bridgehead atoms. The Morgan fingerprint density at radius 2 is 2.05 bits per heavy atom. The van der Waals surface area contributed by atoms with Crippen LogP contribution in [0.5, 0.6) is 11.5 Å². The molecule has 0 spiro atoms. The van der Waals surface area contributed by atoms with Crippen molar-refractivity contribution in [1.82, 2.24) is 0 Å². The molecule has 5 heteroatoms. The SMILES string of the molecule is CCOC(=O)C(CC)Oc1cc(OC)ccc1C(C)N. The van der Waals surface area contributed by atoms with E-state index in [1.54, 1.807) is 20.1 Å². The Labute approximate surface area is 120 Å². The quantitative estimate of drug-likeness (QED) is 0.777. The smallest absolute Gasteiger partial charge is 0.347 e. The normalized spacial score (nSPS) is 13.4. The minimum absolute atomic E-state index is 0.199. The van der Waals surface area contributed by atoms with Crippen LogP contribution in [0, 0.1) is 0 Å². The molecule has 112 valence electrons. The van der Waals surface area contributed by atoms with Crippen LogP contribution in [0.15, 0.2) is 18.2 Å². The van der Waals surface area contributed by atoms with E-state index in [9.17, 15) is 4.79 Å². The number of carbonyl (C=O) groups excluding carboxylic acids is 1. The summed E-state index contributed by atoms with van der Waals surface area (Å²) in [6, 6.07) is 5.20. The lowest BCUT2D eigenvalue weighted by atomic mass is 10.1. The van der Waals surface area contributed by atoms with E-state index in [0.29, 0.717) is 24.5 Å². The Morgan fingerprint density at radius 1 is 1.35 bits per heavy atom. The van der Waals surface area contributed by atoms with Crippen molar-refractivity contribution in [2.75, 3.05) is 13.7 Å². The van der Waals surface area contributed by atoms with Crippen molar-refractivity contribution >= 4 is 5.97 Å². The van der Waals surface area contributed by atoms with Crippen molar-refractivity contribution in [3.63, 3.8) is 0 Å². The molecule has 0 aliphatic heterocycles. The van der Waals surface area contributed by atoms with Gasteiger partial charge in [0.1, 0.15) is 11.5 Å². The standard InChI is InChI=1S/C15H23NO4/c1-5-13(15(17)19-6-2)20-14-9-11(18-4)7-8-12(14)10(3)16/h7-10,13H,5-6,16H2,1-4H3. The van der Waals surface area contributed by atoms with E-state index in [4.69, 9.17) is 19.9 Å². The van der Waals surface area contributed by atoms with Gasteiger partial charge in [0.25, 0.3) is 0 Å². The van der Waals surface area contributed by atoms with E-state index < -0.39 is 6.10 Å². The third-order valence-electron chi connectivity index (χ3n) is 2.90. The second-order valence-electron chi connectivity index (χ2n) is 4.46. The number of nitrogens with two attached hydrogens (primary N) is 1. The monoisotopic (exact) mass is 281 g/mol. The van der Waals surface area contributed by atoms with Gasteiger partial charge in [0.05, 0.1) is 13.7 Å². The summed E-state index contributed by atoms with van der Waals surface area (Å²) in [4.78, 5) is 11.8. The number of hydrogen-bond acceptors (Lipinski definition) is 5. The summed E-state index contributed by atoms with van der Waals surface area (Å²) in [5, 5.41) is 0. The van der Waals surface area contributed by atoms with E-state index in [2.05, 4.69) is 0 Å². The van der Waals surface area contributed by atoms with Crippen molar-refractivity contribution < 1.29 is 19.0 Å². The van der Waals surface area contributed by atoms with Crippen LogP contribution in [0.2, 0.25) is 0 Å². The molecule has 0 radical (unpaired) electrons. The fourth-order valence-electron chi connectivity index (χ4n) is 1.81. The van der Waals surface area contributed by atoms with Crippen LogP contribution >= 0.6 is 0 Å². The van der Waals surface area contributed by atoms with Crippen LogP contribution in [-0.4, -0.2) is 25.8 Å². The average molecular weight is 281 g/mol. The maximum absolute atomic E-state index is 11.8. The molecule has 0 saturated heterocycles. The fourth-order valence-corrected chi connectivity index (χ4v) is 1.81. The Hall–Kier alpha value is -1.75. The summed E-state index contributed by atoms with van der Waals surface area (Å²) in [6.07, 6.45) is -0.117. The van der Waals surface area contributed by atoms with Gasteiger partial charge in [0.2, 0.25) is 0 Å². The second-order valence-corrected chi connectivity index (χ2v) is 4.46. The van der Waals surface area contributed by atoms with Gasteiger partial charge in [-0.3, -0.25) is 0 Å². The fraction of sp³-hybridized carbons (Fsp3) is 0.533. The van der Waals surface area contributed by atoms with E-state index in [1.165, 1.54) is 0 Å². The highest BCUT2D eigenvalue weighted by atomic mass is 16.6. The van der Waals surface area contributed by atoms with Gasteiger partial charge in [-0.15, -0.1) is 0 Å². The predicted molar refractivity (Wildman–Crippen MR) is 76.9 cm³/mol. The first-order valence-corrected chi connectivity index (χ1v) is 6.80. The molecule has 0 heterocycles. The second kappa shape index (κ2) is 7.75. The highest BCUT2D eigenvalue weighted by Gasteiger charge is 2.22. The minimum Gasteiger partial charge on any atom is -0.497 e. The Bertz CT molecular complexity index is 445. The van der Waals surface area contributed by atoms with Gasteiger partial charge in [-0.2, -0.15) is 0 Å². The lowest BCUT2D eigenvalue weighted by Gasteiger charge is -2.20. The maximum Gasteiger partial charge on any atom is 0.347 e. The molecular weight excluding hydrogens is 258 g/mol. The summed E-state index contributed by atoms with van der Waals surface area (Å²) < 4.78 is 16.0. The van der Waals surface area contributed by atoms with E-state index in [0.717, 1.165) is 5.56 Å². The van der Waals surface area contributed by atoms with Gasteiger partial charge in [-0.05, 0) is 26.3 Å². The largest absolute Gasteiger partial charge is 0.497 e. The molecule has 0 fully saturated rings. The first-order valence-electron chi connectivity index (χ1n) is 6.80. The number of methoxy groups -OCH3 is 1. The van der Waals surface area contributed by atoms with Crippen molar-refractivity contribution in [1.29, 1.82) is 0 Å². The van der Waals surface area contributed by atoms with Crippen molar-refractivity contribution in [3.05, 3.63) is 23.8 Å². The van der Waals surface area contributed by atoms with Crippen molar-refractivity contribution in [2.24, 2.45) is 5.73 Å². The number of rotatable bonds is 7. The Morgan fingerprint density at radius 3 is 2.55 bits per heavy atom. The molecular formula is C15H23NO4. The van der Waals surface area contributed by atoms with Crippen LogP contribution in [0.4, 0.5) is 0 Å². The van der Waals surface area contributed by atoms with Gasteiger partial charge in [-0.1, -0.05) is 13.0 Å². The zero-order chi connectivity index (χ0) is 15.1.